The van der Waals surface area contributed by atoms with Crippen LogP contribution in [0.5, 0.6) is 0 Å². The zero-order chi connectivity index (χ0) is 24.2. The van der Waals surface area contributed by atoms with Crippen LogP contribution in [0.3, 0.4) is 0 Å². The van der Waals surface area contributed by atoms with Crippen LogP contribution in [0.15, 0.2) is 39.9 Å². The minimum Gasteiger partial charge on any atom is -0.464 e. The number of nitrogens with one attached hydrogen (secondary N) is 2. The summed E-state index contributed by atoms with van der Waals surface area (Å²) in [4.78, 5) is 28.3. The highest BCUT2D eigenvalue weighted by Crippen LogP contribution is 2.29. The molecule has 3 aromatic rings. The fourth-order valence-electron chi connectivity index (χ4n) is 4.19. The highest BCUT2D eigenvalue weighted by molar-refractivity contribution is 9.10. The number of carbonyl (C=O) groups is 1. The lowest BCUT2D eigenvalue weighted by Gasteiger charge is -2.32. The van der Waals surface area contributed by atoms with Gasteiger partial charge < -0.3 is 25.7 Å². The summed E-state index contributed by atoms with van der Waals surface area (Å²) in [5.74, 6) is 1.29. The van der Waals surface area contributed by atoms with Gasteiger partial charge >= 0.3 is 5.97 Å². The van der Waals surface area contributed by atoms with Gasteiger partial charge in [-0.25, -0.2) is 4.98 Å². The van der Waals surface area contributed by atoms with E-state index in [4.69, 9.17) is 15.5 Å². The van der Waals surface area contributed by atoms with Gasteiger partial charge in [-0.1, -0.05) is 18.9 Å². The molecule has 0 aromatic carbocycles. The van der Waals surface area contributed by atoms with Crippen molar-refractivity contribution in [2.45, 2.75) is 51.2 Å². The topological polar surface area (TPSA) is 129 Å². The van der Waals surface area contributed by atoms with Gasteiger partial charge in [0.05, 0.1) is 17.3 Å². The van der Waals surface area contributed by atoms with Crippen molar-refractivity contribution in [3.05, 3.63) is 51.0 Å². The number of fused-ring (bicyclic) bond motifs is 1. The molecule has 1 saturated carbocycles. The molecule has 3 heterocycles. The molecule has 0 amide bonds. The number of hydrogen-bond acceptors (Lipinski definition) is 8. The lowest BCUT2D eigenvalue weighted by Crippen LogP contribution is -2.38. The number of pyridine rings is 1. The molecule has 0 radical (unpaired) electrons. The number of esters is 1. The Morgan fingerprint density at radius 3 is 2.91 bits per heavy atom. The number of aryl methyl sites for hydroxylation is 1. The van der Waals surface area contributed by atoms with Crippen LogP contribution in [0.4, 0.5) is 11.6 Å². The number of hydrogen-bond donors (Lipinski definition) is 3. The van der Waals surface area contributed by atoms with E-state index in [1.807, 2.05) is 18.3 Å². The van der Waals surface area contributed by atoms with Crippen molar-refractivity contribution < 1.29 is 9.53 Å². The molecule has 0 aliphatic heterocycles. The second-order valence-corrected chi connectivity index (χ2v) is 9.66. The SMILES string of the molecule is C[C@@H](N)C(=O)OC[C@@H]1CCCC[C@@H]1Nc1cc(NCc2ccc(=O)n(C)c2)n2ncc(Br)c2n1. The van der Waals surface area contributed by atoms with Crippen LogP contribution in [0.1, 0.15) is 38.2 Å². The molecule has 34 heavy (non-hydrogen) atoms. The van der Waals surface area contributed by atoms with Gasteiger partial charge in [-0.15, -0.1) is 0 Å². The summed E-state index contributed by atoms with van der Waals surface area (Å²) in [5, 5.41) is 11.4. The third kappa shape index (κ3) is 5.58. The maximum Gasteiger partial charge on any atom is 0.322 e. The average Bonchev–Trinajstić information content (AvgIpc) is 3.19. The molecule has 4 rings (SSSR count). The van der Waals surface area contributed by atoms with Crippen molar-refractivity contribution in [1.29, 1.82) is 0 Å². The summed E-state index contributed by atoms with van der Waals surface area (Å²) in [6.07, 6.45) is 7.66. The number of aromatic nitrogens is 4. The number of nitrogens with zero attached hydrogens (tertiary/aromatic N) is 4. The molecular formula is C23H30BrN7O3. The monoisotopic (exact) mass is 531 g/mol. The van der Waals surface area contributed by atoms with Crippen molar-refractivity contribution in [3.8, 4) is 0 Å². The van der Waals surface area contributed by atoms with Gasteiger partial charge in [-0.05, 0) is 41.3 Å². The largest absolute Gasteiger partial charge is 0.464 e. The Balaban J connectivity index is 1.53. The fourth-order valence-corrected chi connectivity index (χ4v) is 4.54. The van der Waals surface area contributed by atoms with E-state index in [2.05, 4.69) is 31.7 Å². The first-order valence-corrected chi connectivity index (χ1v) is 12.2. The molecule has 11 heteroatoms. The third-order valence-electron chi connectivity index (χ3n) is 6.10. The van der Waals surface area contributed by atoms with E-state index < -0.39 is 6.04 Å². The third-order valence-corrected chi connectivity index (χ3v) is 6.66. The predicted octanol–water partition coefficient (Wildman–Crippen LogP) is 2.66. The van der Waals surface area contributed by atoms with Crippen LogP contribution in [-0.2, 0) is 23.1 Å². The first-order chi connectivity index (χ1) is 16.3. The number of ether oxygens (including phenoxy) is 1. The summed E-state index contributed by atoms with van der Waals surface area (Å²) in [5.41, 5.74) is 7.24. The highest BCUT2D eigenvalue weighted by atomic mass is 79.9. The summed E-state index contributed by atoms with van der Waals surface area (Å²) in [7, 11) is 1.73. The Bertz CT molecular complexity index is 1220. The molecule has 3 atom stereocenters. The standard InChI is InChI=1S/C23H30BrN7O3/c1-14(25)23(33)34-13-16-5-3-4-6-18(16)28-19-9-20(31-22(29-19)17(24)11-27-31)26-10-15-7-8-21(32)30(2)12-15/h7-9,11-12,14,16,18,26H,3-6,10,13,25H2,1-2H3,(H,28,29)/t14-,16+,18+/m1/s1. The molecule has 0 saturated heterocycles. The predicted molar refractivity (Wildman–Crippen MR) is 134 cm³/mol. The van der Waals surface area contributed by atoms with Crippen molar-refractivity contribution in [3.63, 3.8) is 0 Å². The summed E-state index contributed by atoms with van der Waals surface area (Å²) in [6.45, 7) is 2.49. The molecule has 0 unspecified atom stereocenters. The smallest absolute Gasteiger partial charge is 0.322 e. The van der Waals surface area contributed by atoms with E-state index >= 15 is 0 Å². The Morgan fingerprint density at radius 2 is 2.15 bits per heavy atom. The Kier molecular flexibility index (Phi) is 7.52. The Labute approximate surface area is 206 Å². The van der Waals surface area contributed by atoms with Crippen molar-refractivity contribution in [1.82, 2.24) is 19.2 Å². The van der Waals surface area contributed by atoms with Crippen LogP contribution in [0, 0.1) is 5.92 Å². The zero-order valence-corrected chi connectivity index (χ0v) is 20.9. The van der Waals surface area contributed by atoms with Crippen LogP contribution in [0.2, 0.25) is 0 Å². The van der Waals surface area contributed by atoms with E-state index in [9.17, 15) is 9.59 Å². The van der Waals surface area contributed by atoms with Gasteiger partial charge in [0.2, 0.25) is 5.56 Å². The molecule has 0 bridgehead atoms. The van der Waals surface area contributed by atoms with E-state index in [0.717, 1.165) is 41.5 Å². The van der Waals surface area contributed by atoms with Crippen molar-refractivity contribution >= 4 is 39.2 Å². The minimum atomic E-state index is -0.626. The molecule has 4 N–H and O–H groups in total. The molecule has 1 aliphatic carbocycles. The first kappa shape index (κ1) is 24.2. The molecular weight excluding hydrogens is 502 g/mol. The van der Waals surface area contributed by atoms with E-state index in [1.54, 1.807) is 35.3 Å². The molecule has 1 aliphatic rings. The van der Waals surface area contributed by atoms with Gasteiger partial charge in [-0.2, -0.15) is 9.61 Å². The van der Waals surface area contributed by atoms with Crippen LogP contribution in [0.25, 0.3) is 5.65 Å². The van der Waals surface area contributed by atoms with Gasteiger partial charge in [0.25, 0.3) is 0 Å². The lowest BCUT2D eigenvalue weighted by molar-refractivity contribution is -0.146. The summed E-state index contributed by atoms with van der Waals surface area (Å²) >= 11 is 3.53. The zero-order valence-electron chi connectivity index (χ0n) is 19.3. The van der Waals surface area contributed by atoms with Gasteiger partial charge in [-0.3, -0.25) is 9.59 Å². The number of carbonyl (C=O) groups excluding carboxylic acids is 1. The van der Waals surface area contributed by atoms with E-state index in [-0.39, 0.29) is 23.5 Å². The molecule has 182 valence electrons. The van der Waals surface area contributed by atoms with E-state index in [0.29, 0.717) is 24.6 Å². The minimum absolute atomic E-state index is 0.0498. The van der Waals surface area contributed by atoms with Gasteiger partial charge in [0.1, 0.15) is 17.7 Å². The molecule has 0 spiro atoms. The Morgan fingerprint density at radius 1 is 1.35 bits per heavy atom. The van der Waals surface area contributed by atoms with Gasteiger partial charge in [0, 0.05) is 43.9 Å². The van der Waals surface area contributed by atoms with Crippen LogP contribution in [-0.4, -0.2) is 43.8 Å². The number of nitrogens with two attached hydrogens (primary N) is 1. The fraction of sp³-hybridized carbons (Fsp3) is 0.478. The molecule has 10 nitrogen and oxygen atoms in total. The maximum absolute atomic E-state index is 11.9. The Hall–Kier alpha value is -2.92. The van der Waals surface area contributed by atoms with E-state index in [1.165, 1.54) is 0 Å². The first-order valence-electron chi connectivity index (χ1n) is 11.4. The van der Waals surface area contributed by atoms with Crippen LogP contribution >= 0.6 is 15.9 Å². The number of rotatable bonds is 8. The molecule has 3 aromatic heterocycles. The summed E-state index contributed by atoms with van der Waals surface area (Å²) < 4.78 is 9.51. The van der Waals surface area contributed by atoms with Crippen LogP contribution < -0.4 is 21.9 Å². The van der Waals surface area contributed by atoms with Gasteiger partial charge in [0.15, 0.2) is 5.65 Å². The molecule has 1 fully saturated rings. The second-order valence-electron chi connectivity index (χ2n) is 8.81. The van der Waals surface area contributed by atoms with Crippen molar-refractivity contribution in [2.75, 3.05) is 17.2 Å². The quantitative estimate of drug-likeness (QED) is 0.378. The number of anilines is 2. The average molecular weight is 532 g/mol. The van der Waals surface area contributed by atoms with Crippen molar-refractivity contribution in [2.24, 2.45) is 18.7 Å². The summed E-state index contributed by atoms with van der Waals surface area (Å²) in [6, 6.07) is 4.79. The number of halogens is 1. The highest BCUT2D eigenvalue weighted by Gasteiger charge is 2.27. The normalized spacial score (nSPS) is 19.1. The second kappa shape index (κ2) is 10.6. The maximum atomic E-state index is 11.9. The lowest BCUT2D eigenvalue weighted by atomic mass is 9.85.